The Kier molecular flexibility index (Phi) is 3.17. The lowest BCUT2D eigenvalue weighted by Gasteiger charge is -1.94. The van der Waals surface area contributed by atoms with E-state index in [2.05, 4.69) is 21.5 Å². The highest BCUT2D eigenvalue weighted by Crippen LogP contribution is 2.22. The smallest absolute Gasteiger partial charge is 0.363 e. The molecule has 0 unspecified atom stereocenters. The van der Waals surface area contributed by atoms with Crippen LogP contribution in [0.1, 0.15) is 16.2 Å². The number of H-pyrrole nitrogens is 1. The van der Waals surface area contributed by atoms with Crippen molar-refractivity contribution in [3.8, 4) is 0 Å². The van der Waals surface area contributed by atoms with Crippen LogP contribution in [-0.2, 0) is 11.2 Å². The van der Waals surface area contributed by atoms with Crippen molar-refractivity contribution in [2.75, 3.05) is 7.11 Å². The summed E-state index contributed by atoms with van der Waals surface area (Å²) in [4.78, 5) is 21.2. The molecule has 80 valence electrons. The van der Waals surface area contributed by atoms with E-state index in [1.165, 1.54) is 6.08 Å². The van der Waals surface area contributed by atoms with Gasteiger partial charge in [-0.2, -0.15) is 5.10 Å². The number of hydrogen-bond donors (Lipinski definition) is 1. The molecule has 1 aromatic heterocycles. The van der Waals surface area contributed by atoms with Crippen molar-refractivity contribution in [1.82, 2.24) is 10.2 Å². The molecule has 0 aliphatic heterocycles. The molecule has 0 bridgehead atoms. The minimum atomic E-state index is -0.815. The van der Waals surface area contributed by atoms with Gasteiger partial charge in [0.25, 0.3) is 0 Å². The van der Waals surface area contributed by atoms with Crippen LogP contribution in [0.15, 0.2) is 12.7 Å². The van der Waals surface area contributed by atoms with Crippen molar-refractivity contribution >= 4 is 11.7 Å². The maximum absolute atomic E-state index is 11.1. The van der Waals surface area contributed by atoms with Gasteiger partial charge >= 0.3 is 11.7 Å². The van der Waals surface area contributed by atoms with Crippen LogP contribution >= 0.6 is 0 Å². The summed E-state index contributed by atoms with van der Waals surface area (Å²) in [6.45, 7) is 3.44. The van der Waals surface area contributed by atoms with E-state index in [-0.39, 0.29) is 23.5 Å². The van der Waals surface area contributed by atoms with Gasteiger partial charge in [0.2, 0.25) is 5.69 Å². The number of carbonyl (C=O) groups is 1. The third kappa shape index (κ3) is 2.01. The Bertz CT molecular complexity index is 410. The number of ether oxygens (including phenoxy) is 1. The van der Waals surface area contributed by atoms with E-state index < -0.39 is 10.9 Å². The summed E-state index contributed by atoms with van der Waals surface area (Å²) in [5.74, 6) is -0.815. The van der Waals surface area contributed by atoms with E-state index >= 15 is 0 Å². The first-order chi connectivity index (χ1) is 7.11. The Morgan fingerprint density at radius 3 is 2.93 bits per heavy atom. The monoisotopic (exact) mass is 211 g/mol. The molecule has 0 saturated heterocycles. The second-order valence-electron chi connectivity index (χ2n) is 2.64. The SMILES string of the molecule is C=CCc1n[nH]c(C(=O)OC)c1[N+](=O)[O-]. The van der Waals surface area contributed by atoms with Crippen LogP contribution in [0.3, 0.4) is 0 Å². The number of rotatable bonds is 4. The fourth-order valence-electron chi connectivity index (χ4n) is 1.09. The van der Waals surface area contributed by atoms with Crippen molar-refractivity contribution in [3.63, 3.8) is 0 Å². The number of nitro groups is 1. The van der Waals surface area contributed by atoms with Gasteiger partial charge < -0.3 is 4.74 Å². The fraction of sp³-hybridized carbons (Fsp3) is 0.250. The molecular weight excluding hydrogens is 202 g/mol. The molecule has 0 amide bonds. The zero-order chi connectivity index (χ0) is 11.4. The Labute approximate surface area is 84.9 Å². The number of nitrogens with zero attached hydrogens (tertiary/aromatic N) is 2. The normalized spacial score (nSPS) is 9.67. The van der Waals surface area contributed by atoms with E-state index in [0.29, 0.717) is 0 Å². The van der Waals surface area contributed by atoms with Crippen LogP contribution in [0.5, 0.6) is 0 Å². The van der Waals surface area contributed by atoms with E-state index in [4.69, 9.17) is 0 Å². The van der Waals surface area contributed by atoms with Crippen molar-refractivity contribution < 1.29 is 14.5 Å². The van der Waals surface area contributed by atoms with Crippen LogP contribution in [-0.4, -0.2) is 28.2 Å². The summed E-state index contributed by atoms with van der Waals surface area (Å²) in [5, 5.41) is 16.6. The van der Waals surface area contributed by atoms with Crippen molar-refractivity contribution in [1.29, 1.82) is 0 Å². The lowest BCUT2D eigenvalue weighted by atomic mass is 10.2. The summed E-state index contributed by atoms with van der Waals surface area (Å²) in [6.07, 6.45) is 1.67. The second kappa shape index (κ2) is 4.36. The molecule has 1 rings (SSSR count). The first kappa shape index (κ1) is 10.9. The number of aromatic amines is 1. The van der Waals surface area contributed by atoms with Crippen molar-refractivity contribution in [2.24, 2.45) is 0 Å². The predicted octanol–water partition coefficient (Wildman–Crippen LogP) is 0.833. The summed E-state index contributed by atoms with van der Waals surface area (Å²) in [7, 11) is 1.14. The standard InChI is InChI=1S/C8H9N3O4/c1-3-4-5-7(11(13)14)6(10-9-5)8(12)15-2/h3H,1,4H2,2H3,(H,9,10). The molecule has 0 saturated carbocycles. The number of nitrogens with one attached hydrogen (secondary N) is 1. The molecule has 7 heteroatoms. The van der Waals surface area contributed by atoms with Gasteiger partial charge in [0, 0.05) is 6.42 Å². The van der Waals surface area contributed by atoms with E-state index in [9.17, 15) is 14.9 Å². The number of allylic oxidation sites excluding steroid dienone is 1. The highest BCUT2D eigenvalue weighted by molar-refractivity contribution is 5.92. The Balaban J connectivity index is 3.23. The van der Waals surface area contributed by atoms with E-state index in [0.717, 1.165) is 7.11 Å². The largest absolute Gasteiger partial charge is 0.464 e. The zero-order valence-corrected chi connectivity index (χ0v) is 8.02. The van der Waals surface area contributed by atoms with Gasteiger partial charge in [0.05, 0.1) is 12.0 Å². The lowest BCUT2D eigenvalue weighted by Crippen LogP contribution is -2.05. The van der Waals surface area contributed by atoms with Crippen molar-refractivity contribution in [2.45, 2.75) is 6.42 Å². The zero-order valence-electron chi connectivity index (χ0n) is 8.02. The van der Waals surface area contributed by atoms with Gasteiger partial charge in [-0.05, 0) is 0 Å². The molecule has 0 radical (unpaired) electrons. The third-order valence-electron chi connectivity index (χ3n) is 1.72. The number of carbonyl (C=O) groups excluding carboxylic acids is 1. The average molecular weight is 211 g/mol. The summed E-state index contributed by atoms with van der Waals surface area (Å²) in [5.41, 5.74) is -0.448. The quantitative estimate of drug-likeness (QED) is 0.344. The molecule has 7 nitrogen and oxygen atoms in total. The Hall–Kier alpha value is -2.18. The summed E-state index contributed by atoms with van der Waals surface area (Å²) < 4.78 is 4.38. The minimum absolute atomic E-state index is 0.162. The van der Waals surface area contributed by atoms with Crippen LogP contribution in [0.25, 0.3) is 0 Å². The van der Waals surface area contributed by atoms with Crippen LogP contribution in [0.4, 0.5) is 5.69 Å². The predicted molar refractivity (Wildman–Crippen MR) is 50.5 cm³/mol. The molecule has 0 aliphatic rings. The van der Waals surface area contributed by atoms with Crippen LogP contribution in [0.2, 0.25) is 0 Å². The molecule has 0 atom stereocenters. The number of aromatic nitrogens is 2. The average Bonchev–Trinajstić information content (AvgIpc) is 2.61. The van der Waals surface area contributed by atoms with Gasteiger partial charge in [-0.25, -0.2) is 4.79 Å². The second-order valence-corrected chi connectivity index (χ2v) is 2.64. The molecular formula is C8H9N3O4. The maximum atomic E-state index is 11.1. The summed E-state index contributed by atoms with van der Waals surface area (Å²) >= 11 is 0. The van der Waals surface area contributed by atoms with E-state index in [1.54, 1.807) is 0 Å². The third-order valence-corrected chi connectivity index (χ3v) is 1.72. The van der Waals surface area contributed by atoms with Gasteiger partial charge in [-0.15, -0.1) is 6.58 Å². The lowest BCUT2D eigenvalue weighted by molar-refractivity contribution is -0.385. The Morgan fingerprint density at radius 2 is 2.47 bits per heavy atom. The first-order valence-corrected chi connectivity index (χ1v) is 4.02. The molecule has 15 heavy (non-hydrogen) atoms. The molecule has 0 aliphatic carbocycles. The molecule has 1 aromatic rings. The fourth-order valence-corrected chi connectivity index (χ4v) is 1.09. The van der Waals surface area contributed by atoms with Gasteiger partial charge in [0.1, 0.15) is 5.69 Å². The molecule has 1 heterocycles. The van der Waals surface area contributed by atoms with Crippen molar-refractivity contribution in [3.05, 3.63) is 34.2 Å². The molecule has 1 N–H and O–H groups in total. The topological polar surface area (TPSA) is 98.1 Å². The highest BCUT2D eigenvalue weighted by atomic mass is 16.6. The minimum Gasteiger partial charge on any atom is -0.464 e. The highest BCUT2D eigenvalue weighted by Gasteiger charge is 2.28. The number of esters is 1. The number of hydrogen-bond acceptors (Lipinski definition) is 5. The summed E-state index contributed by atoms with van der Waals surface area (Å²) in [6, 6.07) is 0. The van der Waals surface area contributed by atoms with E-state index in [1.807, 2.05) is 0 Å². The molecule has 0 aromatic carbocycles. The first-order valence-electron chi connectivity index (χ1n) is 4.02. The van der Waals surface area contributed by atoms with Gasteiger partial charge in [-0.1, -0.05) is 6.08 Å². The van der Waals surface area contributed by atoms with Crippen LogP contribution < -0.4 is 0 Å². The number of methoxy groups -OCH3 is 1. The van der Waals surface area contributed by atoms with Gasteiger partial charge in [0.15, 0.2) is 0 Å². The van der Waals surface area contributed by atoms with Gasteiger partial charge in [-0.3, -0.25) is 15.2 Å². The molecule has 0 fully saturated rings. The maximum Gasteiger partial charge on any atom is 0.363 e. The Morgan fingerprint density at radius 1 is 1.80 bits per heavy atom. The molecule has 0 spiro atoms. The van der Waals surface area contributed by atoms with Crippen LogP contribution in [0, 0.1) is 10.1 Å².